The third-order valence-electron chi connectivity index (χ3n) is 2.39. The molecule has 94 valence electrons. The second-order valence-electron chi connectivity index (χ2n) is 3.68. The molecule has 0 atom stereocenters. The van der Waals surface area contributed by atoms with Gasteiger partial charge in [-0.1, -0.05) is 28.1 Å². The van der Waals surface area contributed by atoms with Crippen LogP contribution in [0.25, 0.3) is 0 Å². The highest BCUT2D eigenvalue weighted by Crippen LogP contribution is 2.30. The zero-order chi connectivity index (χ0) is 13.1. The van der Waals surface area contributed by atoms with Crippen molar-refractivity contribution >= 4 is 53.5 Å². The molecule has 0 aliphatic rings. The Kier molecular flexibility index (Phi) is 4.70. The summed E-state index contributed by atoms with van der Waals surface area (Å²) in [6.07, 6.45) is 0. The highest BCUT2D eigenvalue weighted by atomic mass is 79.9. The summed E-state index contributed by atoms with van der Waals surface area (Å²) < 4.78 is 8.57. The minimum Gasteiger partial charge on any atom is -0.488 e. The van der Waals surface area contributed by atoms with E-state index in [1.54, 1.807) is 0 Å². The molecule has 2 aromatic rings. The predicted molar refractivity (Wildman–Crippen MR) is 84.7 cm³/mol. The number of benzene rings is 2. The highest BCUT2D eigenvalue weighted by Gasteiger charge is 2.06. The molecule has 0 aliphatic heterocycles. The van der Waals surface area contributed by atoms with Crippen LogP contribution in [-0.2, 0) is 6.61 Å². The summed E-state index contributed by atoms with van der Waals surface area (Å²) in [5, 5.41) is 0. The summed E-state index contributed by atoms with van der Waals surface area (Å²) in [6, 6.07) is 11.5. The number of nitrogen functional groups attached to an aromatic ring is 1. The van der Waals surface area contributed by atoms with Crippen molar-refractivity contribution in [2.45, 2.75) is 6.61 Å². The average Bonchev–Trinajstić information content (AvgIpc) is 2.33. The van der Waals surface area contributed by atoms with Crippen molar-refractivity contribution in [3.05, 3.63) is 55.4 Å². The number of anilines is 1. The molecule has 2 nitrogen and oxygen atoms in total. The van der Waals surface area contributed by atoms with Gasteiger partial charge in [-0.05, 0) is 56.1 Å². The molecule has 2 rings (SSSR count). The molecule has 18 heavy (non-hydrogen) atoms. The number of rotatable bonds is 3. The molecule has 0 fully saturated rings. The molecular weight excluding hydrogens is 426 g/mol. The van der Waals surface area contributed by atoms with Gasteiger partial charge in [0.15, 0.2) is 0 Å². The van der Waals surface area contributed by atoms with Gasteiger partial charge in [0.2, 0.25) is 0 Å². The molecule has 0 aliphatic carbocycles. The molecule has 0 aromatic heterocycles. The van der Waals surface area contributed by atoms with Gasteiger partial charge in [0.25, 0.3) is 0 Å². The van der Waals surface area contributed by atoms with E-state index >= 15 is 0 Å². The number of ether oxygens (including phenoxy) is 1. The lowest BCUT2D eigenvalue weighted by Gasteiger charge is -2.10. The van der Waals surface area contributed by atoms with E-state index in [2.05, 4.69) is 47.8 Å². The van der Waals surface area contributed by atoms with Gasteiger partial charge in [0.05, 0.1) is 4.47 Å². The molecule has 2 aromatic carbocycles. The minimum absolute atomic E-state index is 0.464. The molecule has 2 N–H and O–H groups in total. The largest absolute Gasteiger partial charge is 0.488 e. The zero-order valence-corrected chi connectivity index (χ0v) is 14.0. The van der Waals surface area contributed by atoms with E-state index in [-0.39, 0.29) is 0 Å². The fraction of sp³-hybridized carbons (Fsp3) is 0.0769. The lowest BCUT2D eigenvalue weighted by molar-refractivity contribution is 0.303. The third kappa shape index (κ3) is 3.28. The molecular formula is C13H10Br3NO. The lowest BCUT2D eigenvalue weighted by atomic mass is 10.2. The van der Waals surface area contributed by atoms with Crippen LogP contribution in [0.1, 0.15) is 5.56 Å². The first-order valence-corrected chi connectivity index (χ1v) is 7.56. The van der Waals surface area contributed by atoms with Crippen molar-refractivity contribution in [1.82, 2.24) is 0 Å². The first kappa shape index (κ1) is 13.9. The Bertz CT molecular complexity index is 572. The summed E-state index contributed by atoms with van der Waals surface area (Å²) in [4.78, 5) is 0. The topological polar surface area (TPSA) is 35.2 Å². The molecule has 0 saturated carbocycles. The van der Waals surface area contributed by atoms with Crippen LogP contribution in [-0.4, -0.2) is 0 Å². The lowest BCUT2D eigenvalue weighted by Crippen LogP contribution is -1.99. The molecule has 5 heteroatoms. The van der Waals surface area contributed by atoms with Gasteiger partial charge in [-0.3, -0.25) is 0 Å². The van der Waals surface area contributed by atoms with Crippen molar-refractivity contribution < 1.29 is 4.74 Å². The maximum atomic E-state index is 5.82. The van der Waals surface area contributed by atoms with Crippen LogP contribution in [0.5, 0.6) is 5.75 Å². The van der Waals surface area contributed by atoms with E-state index in [0.717, 1.165) is 24.7 Å². The first-order chi connectivity index (χ1) is 8.58. The second kappa shape index (κ2) is 6.08. The monoisotopic (exact) mass is 433 g/mol. The van der Waals surface area contributed by atoms with E-state index in [0.29, 0.717) is 12.3 Å². The van der Waals surface area contributed by atoms with Crippen LogP contribution in [0.4, 0.5) is 5.69 Å². The Labute approximate surface area is 131 Å². The summed E-state index contributed by atoms with van der Waals surface area (Å²) in [5.74, 6) is 0.799. The summed E-state index contributed by atoms with van der Waals surface area (Å²) in [5.41, 5.74) is 7.55. The van der Waals surface area contributed by atoms with Crippen LogP contribution in [0, 0.1) is 0 Å². The van der Waals surface area contributed by atoms with Crippen LogP contribution in [0.2, 0.25) is 0 Å². The number of nitrogens with two attached hydrogens (primary N) is 1. The first-order valence-electron chi connectivity index (χ1n) is 5.18. The molecule has 0 radical (unpaired) electrons. The number of hydrogen-bond donors (Lipinski definition) is 1. The van der Waals surface area contributed by atoms with E-state index in [1.807, 2.05) is 36.4 Å². The van der Waals surface area contributed by atoms with Crippen LogP contribution < -0.4 is 10.5 Å². The summed E-state index contributed by atoms with van der Waals surface area (Å²) >= 11 is 10.3. The Hall–Kier alpha value is -0.520. The fourth-order valence-corrected chi connectivity index (χ4v) is 3.00. The third-order valence-corrected chi connectivity index (χ3v) is 4.47. The Morgan fingerprint density at radius 2 is 1.83 bits per heavy atom. The Morgan fingerprint density at radius 3 is 2.56 bits per heavy atom. The number of hydrogen-bond acceptors (Lipinski definition) is 2. The van der Waals surface area contributed by atoms with Crippen molar-refractivity contribution in [3.8, 4) is 5.75 Å². The SMILES string of the molecule is Nc1cccc(COc2ccc(Br)cc2Br)c1Br. The highest BCUT2D eigenvalue weighted by molar-refractivity contribution is 9.11. The normalized spacial score (nSPS) is 10.4. The summed E-state index contributed by atoms with van der Waals surface area (Å²) in [7, 11) is 0. The Morgan fingerprint density at radius 1 is 1.06 bits per heavy atom. The van der Waals surface area contributed by atoms with Gasteiger partial charge in [0, 0.05) is 20.2 Å². The predicted octanol–water partition coefficient (Wildman–Crippen LogP) is 5.14. The molecule has 0 saturated heterocycles. The van der Waals surface area contributed by atoms with Crippen molar-refractivity contribution in [2.24, 2.45) is 0 Å². The zero-order valence-electron chi connectivity index (χ0n) is 9.29. The smallest absolute Gasteiger partial charge is 0.134 e. The van der Waals surface area contributed by atoms with Crippen molar-refractivity contribution in [3.63, 3.8) is 0 Å². The average molecular weight is 436 g/mol. The molecule has 0 unspecified atom stereocenters. The van der Waals surface area contributed by atoms with Crippen LogP contribution >= 0.6 is 47.8 Å². The van der Waals surface area contributed by atoms with E-state index < -0.39 is 0 Å². The van der Waals surface area contributed by atoms with Gasteiger partial charge in [-0.2, -0.15) is 0 Å². The van der Waals surface area contributed by atoms with Crippen molar-refractivity contribution in [2.75, 3.05) is 5.73 Å². The van der Waals surface area contributed by atoms with Gasteiger partial charge in [-0.25, -0.2) is 0 Å². The van der Waals surface area contributed by atoms with Gasteiger partial charge in [-0.15, -0.1) is 0 Å². The molecule has 0 heterocycles. The summed E-state index contributed by atoms with van der Waals surface area (Å²) in [6.45, 7) is 0.464. The van der Waals surface area contributed by atoms with Crippen LogP contribution in [0.3, 0.4) is 0 Å². The number of halogens is 3. The minimum atomic E-state index is 0.464. The maximum absolute atomic E-state index is 5.82. The van der Waals surface area contributed by atoms with Gasteiger partial charge in [0.1, 0.15) is 12.4 Å². The Balaban J connectivity index is 2.14. The molecule has 0 spiro atoms. The van der Waals surface area contributed by atoms with Gasteiger partial charge < -0.3 is 10.5 Å². The van der Waals surface area contributed by atoms with E-state index in [1.165, 1.54) is 0 Å². The molecule has 0 bridgehead atoms. The quantitative estimate of drug-likeness (QED) is 0.678. The second-order valence-corrected chi connectivity index (χ2v) is 6.25. The van der Waals surface area contributed by atoms with Gasteiger partial charge >= 0.3 is 0 Å². The van der Waals surface area contributed by atoms with Crippen LogP contribution in [0.15, 0.2) is 49.8 Å². The van der Waals surface area contributed by atoms with E-state index in [4.69, 9.17) is 10.5 Å². The fourth-order valence-electron chi connectivity index (χ4n) is 1.46. The van der Waals surface area contributed by atoms with Crippen molar-refractivity contribution in [1.29, 1.82) is 0 Å². The maximum Gasteiger partial charge on any atom is 0.134 e. The molecule has 0 amide bonds. The van der Waals surface area contributed by atoms with E-state index in [9.17, 15) is 0 Å². The standard InChI is InChI=1S/C13H10Br3NO/c14-9-4-5-12(10(15)6-9)18-7-8-2-1-3-11(17)13(8)16/h1-6H,7,17H2.